The van der Waals surface area contributed by atoms with Gasteiger partial charge in [0.05, 0.1) is 22.2 Å². The Morgan fingerprint density at radius 3 is 2.62 bits per heavy atom. The summed E-state index contributed by atoms with van der Waals surface area (Å²) in [5, 5.41) is 13.9. The van der Waals surface area contributed by atoms with Crippen molar-refractivity contribution >= 4 is 29.0 Å². The molecule has 3 aliphatic carbocycles. The minimum atomic E-state index is -0.603. The highest BCUT2D eigenvalue weighted by molar-refractivity contribution is 6.35. The molecule has 286 valence electrons. The Labute approximate surface area is 331 Å². The normalized spacial score (nSPS) is 20.1. The van der Waals surface area contributed by atoms with Gasteiger partial charge in [0.2, 0.25) is 0 Å². The summed E-state index contributed by atoms with van der Waals surface area (Å²) in [6, 6.07) is 19.8. The Balaban J connectivity index is 0.948. The molecule has 2 saturated carbocycles. The molecule has 11 heteroatoms. The standard InChI is InChI=1S/C44H45Cl2FN4O4/c45-38-16-31(24-50-21-28-8-9-33(52)15-28)41(54-25-30-14-29(20-48)22-49-23-30)17-42(38)55-39-11-10-35-34(4-1-5-36(35)39)37-6-2-7-40(43(37)46)53-13-3-12-51-26-44(27-51)18-32(47)19-44/h1-2,4-7,14,16-17,22-23,28,32,39,50H,3,8-13,15,18-19,21,24-27H2/t28-,39-/m0/s1. The van der Waals surface area contributed by atoms with Crippen molar-refractivity contribution < 1.29 is 23.4 Å². The summed E-state index contributed by atoms with van der Waals surface area (Å²) in [5.41, 5.74) is 6.62. The maximum Gasteiger partial charge on any atom is 0.142 e. The number of ketones is 1. The molecule has 4 aromatic rings. The van der Waals surface area contributed by atoms with E-state index in [-0.39, 0.29) is 18.1 Å². The smallest absolute Gasteiger partial charge is 0.142 e. The number of likely N-dealkylation sites (tertiary alicyclic amines) is 1. The first-order valence-electron chi connectivity index (χ1n) is 19.3. The van der Waals surface area contributed by atoms with Crippen molar-refractivity contribution in [1.29, 1.82) is 5.26 Å². The van der Waals surface area contributed by atoms with Crippen LogP contribution in [0.3, 0.4) is 0 Å². The predicted molar refractivity (Wildman–Crippen MR) is 210 cm³/mol. The lowest BCUT2D eigenvalue weighted by Crippen LogP contribution is -2.62. The highest BCUT2D eigenvalue weighted by atomic mass is 35.5. The Morgan fingerprint density at radius 1 is 0.982 bits per heavy atom. The van der Waals surface area contributed by atoms with Crippen molar-refractivity contribution in [2.75, 3.05) is 32.8 Å². The molecule has 55 heavy (non-hydrogen) atoms. The van der Waals surface area contributed by atoms with Crippen molar-refractivity contribution in [1.82, 2.24) is 15.2 Å². The van der Waals surface area contributed by atoms with Crippen LogP contribution >= 0.6 is 23.2 Å². The summed E-state index contributed by atoms with van der Waals surface area (Å²) < 4.78 is 32.6. The molecule has 3 fully saturated rings. The highest BCUT2D eigenvalue weighted by Gasteiger charge is 2.52. The van der Waals surface area contributed by atoms with Gasteiger partial charge in [0.25, 0.3) is 0 Å². The average Bonchev–Trinajstić information content (AvgIpc) is 3.78. The first-order chi connectivity index (χ1) is 26.8. The van der Waals surface area contributed by atoms with E-state index >= 15 is 0 Å². The van der Waals surface area contributed by atoms with E-state index in [0.717, 1.165) is 92.5 Å². The number of nitriles is 1. The van der Waals surface area contributed by atoms with Crippen LogP contribution in [-0.4, -0.2) is 54.6 Å². The van der Waals surface area contributed by atoms with E-state index < -0.39 is 6.17 Å². The number of carbonyl (C=O) groups excluding carboxylic acids is 1. The number of hydrogen-bond donors (Lipinski definition) is 1. The number of Topliss-reactive ketones (excluding diaryl/α,β-unsaturated/α-hetero) is 1. The number of rotatable bonds is 15. The average molecular weight is 784 g/mol. The Kier molecular flexibility index (Phi) is 11.3. The van der Waals surface area contributed by atoms with Gasteiger partial charge < -0.3 is 24.4 Å². The minimum absolute atomic E-state index is 0.216. The van der Waals surface area contributed by atoms with Crippen molar-refractivity contribution in [3.8, 4) is 34.4 Å². The number of ether oxygens (including phenoxy) is 3. The van der Waals surface area contributed by atoms with E-state index in [4.69, 9.17) is 37.4 Å². The highest BCUT2D eigenvalue weighted by Crippen LogP contribution is 2.50. The molecule has 4 aliphatic rings. The lowest BCUT2D eigenvalue weighted by atomic mass is 9.62. The summed E-state index contributed by atoms with van der Waals surface area (Å²) in [7, 11) is 0. The number of nitrogens with zero attached hydrogens (tertiary/aromatic N) is 3. The molecular formula is C44H45Cl2FN4O4. The van der Waals surface area contributed by atoms with Crippen molar-refractivity contribution in [2.24, 2.45) is 11.3 Å². The first kappa shape index (κ1) is 37.7. The molecule has 2 atom stereocenters. The van der Waals surface area contributed by atoms with Crippen molar-refractivity contribution in [2.45, 2.75) is 76.8 Å². The van der Waals surface area contributed by atoms with Gasteiger partial charge in [0.1, 0.15) is 48.0 Å². The van der Waals surface area contributed by atoms with Crippen LogP contribution in [0.15, 0.2) is 67.0 Å². The second kappa shape index (κ2) is 16.5. The zero-order chi connectivity index (χ0) is 37.9. The zero-order valence-electron chi connectivity index (χ0n) is 30.8. The number of halogens is 3. The van der Waals surface area contributed by atoms with Crippen LogP contribution in [0.2, 0.25) is 10.0 Å². The SMILES string of the molecule is N#Cc1cncc(COc2cc(O[C@H]3CCc4c(-c5cccc(OCCCN6CC7(CC(F)C7)C6)c5Cl)cccc43)c(Cl)cc2CNC[C@H]2CCC(=O)C2)c1. The zero-order valence-corrected chi connectivity index (χ0v) is 32.3. The van der Waals surface area contributed by atoms with Crippen molar-refractivity contribution in [3.05, 3.63) is 105 Å². The fraction of sp³-hybridized carbons (Fsp3) is 0.432. The van der Waals surface area contributed by atoms with Crippen LogP contribution in [0.25, 0.3) is 11.1 Å². The third-order valence-electron chi connectivity index (χ3n) is 11.6. The lowest BCUT2D eigenvalue weighted by molar-refractivity contribution is -0.117. The summed E-state index contributed by atoms with van der Waals surface area (Å²) in [6.45, 7) is 4.97. The third kappa shape index (κ3) is 8.49. The fourth-order valence-electron chi connectivity index (χ4n) is 8.85. The number of aromatic nitrogens is 1. The van der Waals surface area contributed by atoms with Gasteiger partial charge in [-0.1, -0.05) is 53.5 Å². The van der Waals surface area contributed by atoms with Gasteiger partial charge in [-0.2, -0.15) is 5.26 Å². The number of hydrogen-bond acceptors (Lipinski definition) is 8. The molecule has 8 rings (SSSR count). The van der Waals surface area contributed by atoms with E-state index in [2.05, 4.69) is 33.4 Å². The summed E-state index contributed by atoms with van der Waals surface area (Å²) in [6.07, 6.45) is 8.47. The van der Waals surface area contributed by atoms with Gasteiger partial charge in [-0.15, -0.1) is 0 Å². The van der Waals surface area contributed by atoms with Crippen LogP contribution in [0.5, 0.6) is 17.2 Å². The molecule has 0 bridgehead atoms. The van der Waals surface area contributed by atoms with Gasteiger partial charge in [0.15, 0.2) is 0 Å². The molecule has 8 nitrogen and oxygen atoms in total. The maximum atomic E-state index is 13.3. The van der Waals surface area contributed by atoms with E-state index in [0.29, 0.717) is 70.6 Å². The number of carbonyl (C=O) groups is 1. The molecule has 0 radical (unpaired) electrons. The lowest BCUT2D eigenvalue weighted by Gasteiger charge is -2.57. The fourth-order valence-corrected chi connectivity index (χ4v) is 9.36. The summed E-state index contributed by atoms with van der Waals surface area (Å²) in [5.74, 6) is 2.47. The monoisotopic (exact) mass is 782 g/mol. The number of benzene rings is 3. The van der Waals surface area contributed by atoms with E-state index in [1.54, 1.807) is 12.3 Å². The molecule has 2 heterocycles. The minimum Gasteiger partial charge on any atom is -0.492 e. The summed E-state index contributed by atoms with van der Waals surface area (Å²) in [4.78, 5) is 18.4. The molecular weight excluding hydrogens is 738 g/mol. The Hall–Kier alpha value is -4.20. The number of nitrogens with one attached hydrogen (secondary N) is 1. The van der Waals surface area contributed by atoms with Crippen LogP contribution in [0.4, 0.5) is 4.39 Å². The van der Waals surface area contributed by atoms with Gasteiger partial charge >= 0.3 is 0 Å². The topological polar surface area (TPSA) is 96.7 Å². The number of pyridine rings is 1. The second-order valence-electron chi connectivity index (χ2n) is 15.7. The van der Waals surface area contributed by atoms with Gasteiger partial charge in [-0.3, -0.25) is 9.78 Å². The largest absolute Gasteiger partial charge is 0.492 e. The third-order valence-corrected chi connectivity index (χ3v) is 12.3. The van der Waals surface area contributed by atoms with Gasteiger partial charge in [-0.25, -0.2) is 4.39 Å². The molecule has 1 spiro atoms. The van der Waals surface area contributed by atoms with E-state index in [1.807, 2.05) is 36.4 Å². The molecule has 1 N–H and O–H groups in total. The predicted octanol–water partition coefficient (Wildman–Crippen LogP) is 9.23. The Bertz CT molecular complexity index is 2090. The Morgan fingerprint density at radius 2 is 1.82 bits per heavy atom. The molecule has 1 saturated heterocycles. The molecule has 0 unspecified atom stereocenters. The van der Waals surface area contributed by atoms with Crippen LogP contribution in [0.1, 0.15) is 78.9 Å². The maximum absolute atomic E-state index is 13.3. The van der Waals surface area contributed by atoms with Crippen molar-refractivity contribution in [3.63, 3.8) is 0 Å². The molecule has 0 amide bonds. The number of alkyl halides is 1. The van der Waals surface area contributed by atoms with Gasteiger partial charge in [0, 0.05) is 79.6 Å². The van der Waals surface area contributed by atoms with Gasteiger partial charge in [-0.05, 0) is 85.9 Å². The first-order valence-corrected chi connectivity index (χ1v) is 20.1. The molecule has 1 aromatic heterocycles. The van der Waals surface area contributed by atoms with Crippen LogP contribution in [-0.2, 0) is 24.4 Å². The number of fused-ring (bicyclic) bond motifs is 1. The van der Waals surface area contributed by atoms with Crippen LogP contribution < -0.4 is 19.5 Å². The van der Waals surface area contributed by atoms with E-state index in [1.165, 1.54) is 11.8 Å². The van der Waals surface area contributed by atoms with E-state index in [9.17, 15) is 14.4 Å². The summed E-state index contributed by atoms with van der Waals surface area (Å²) >= 11 is 13.9. The molecule has 3 aromatic carbocycles. The van der Waals surface area contributed by atoms with Crippen LogP contribution in [0, 0.1) is 22.7 Å². The molecule has 1 aliphatic heterocycles. The second-order valence-corrected chi connectivity index (χ2v) is 16.5. The quantitative estimate of drug-likeness (QED) is 0.119.